The Morgan fingerprint density at radius 3 is 2.80 bits per heavy atom. The summed E-state index contributed by atoms with van der Waals surface area (Å²) in [7, 11) is 0. The summed E-state index contributed by atoms with van der Waals surface area (Å²) in [6.07, 6.45) is 2.36. The molecule has 0 radical (unpaired) electrons. The zero-order chi connectivity index (χ0) is 31.0. The summed E-state index contributed by atoms with van der Waals surface area (Å²) >= 11 is 0. The topological polar surface area (TPSA) is 86.6 Å². The number of fused-ring (bicyclic) bond motifs is 5. The van der Waals surface area contributed by atoms with Crippen molar-refractivity contribution in [3.63, 3.8) is 0 Å². The third kappa shape index (κ3) is 4.58. The Labute approximate surface area is 254 Å². The zero-order valence-electron chi connectivity index (χ0n) is 24.1. The molecule has 0 saturated carbocycles. The van der Waals surface area contributed by atoms with E-state index in [-0.39, 0.29) is 70.5 Å². The van der Waals surface area contributed by atoms with E-state index in [0.29, 0.717) is 43.2 Å². The molecule has 8 nitrogen and oxygen atoms in total. The molecule has 45 heavy (non-hydrogen) atoms. The van der Waals surface area contributed by atoms with Crippen molar-refractivity contribution in [2.75, 3.05) is 44.2 Å². The van der Waals surface area contributed by atoms with Crippen LogP contribution in [-0.4, -0.2) is 75.9 Å². The normalized spacial score (nSPS) is 24.6. The predicted molar refractivity (Wildman–Crippen MR) is 157 cm³/mol. The molecule has 2 N–H and O–H groups in total. The van der Waals surface area contributed by atoms with E-state index >= 15 is 8.78 Å². The second-order valence-corrected chi connectivity index (χ2v) is 12.6. The number of aromatic hydroxyl groups is 1. The molecule has 6 heterocycles. The Bertz CT molecular complexity index is 1900. The first kappa shape index (κ1) is 28.4. The monoisotopic (exact) mass is 624 g/mol. The van der Waals surface area contributed by atoms with Crippen LogP contribution in [0.1, 0.15) is 25.7 Å². The number of piperidine rings is 1. The van der Waals surface area contributed by atoms with Gasteiger partial charge in [0.05, 0.1) is 10.9 Å². The molecule has 2 bridgehead atoms. The lowest BCUT2D eigenvalue weighted by Gasteiger charge is -2.31. The number of aromatic nitrogens is 3. The Morgan fingerprint density at radius 2 is 1.98 bits per heavy atom. The van der Waals surface area contributed by atoms with Crippen LogP contribution in [0.5, 0.6) is 11.8 Å². The second kappa shape index (κ2) is 10.5. The molecule has 3 atom stereocenters. The minimum Gasteiger partial charge on any atom is -0.508 e. The van der Waals surface area contributed by atoms with Crippen molar-refractivity contribution in [1.29, 1.82) is 0 Å². The number of rotatable bonds is 5. The zero-order valence-corrected chi connectivity index (χ0v) is 24.1. The molecule has 2 aromatic heterocycles. The maximum Gasteiger partial charge on any atom is 0.319 e. The number of anilines is 1. The number of nitrogens with one attached hydrogen (secondary N) is 1. The lowest BCUT2D eigenvalue weighted by Crippen LogP contribution is -2.43. The summed E-state index contributed by atoms with van der Waals surface area (Å²) < 4.78 is 79.3. The minimum atomic E-state index is -1.67. The average molecular weight is 625 g/mol. The van der Waals surface area contributed by atoms with Crippen molar-refractivity contribution in [3.05, 3.63) is 59.6 Å². The third-order valence-corrected chi connectivity index (χ3v) is 9.88. The van der Waals surface area contributed by atoms with Crippen LogP contribution in [0.15, 0.2) is 42.1 Å². The Morgan fingerprint density at radius 1 is 1.11 bits per heavy atom. The van der Waals surface area contributed by atoms with Gasteiger partial charge in [-0.25, -0.2) is 13.2 Å². The van der Waals surface area contributed by atoms with E-state index in [1.165, 1.54) is 18.3 Å². The molecule has 4 fully saturated rings. The Hall–Kier alpha value is -4.10. The highest BCUT2D eigenvalue weighted by molar-refractivity contribution is 6.00. The second-order valence-electron chi connectivity index (χ2n) is 12.6. The van der Waals surface area contributed by atoms with E-state index in [4.69, 9.17) is 9.72 Å². The van der Waals surface area contributed by atoms with E-state index in [1.54, 1.807) is 0 Å². The molecule has 4 aliphatic heterocycles. The van der Waals surface area contributed by atoms with Crippen molar-refractivity contribution in [3.8, 4) is 23.0 Å². The maximum atomic E-state index is 16.6. The lowest BCUT2D eigenvalue weighted by molar-refractivity contribution is 0.108. The Balaban J connectivity index is 1.26. The molecule has 0 amide bonds. The van der Waals surface area contributed by atoms with Crippen molar-refractivity contribution >= 4 is 27.5 Å². The molecule has 3 unspecified atom stereocenters. The van der Waals surface area contributed by atoms with Crippen LogP contribution in [0, 0.1) is 23.4 Å². The van der Waals surface area contributed by atoms with Crippen molar-refractivity contribution < 1.29 is 31.8 Å². The molecule has 4 aromatic rings. The van der Waals surface area contributed by atoms with Crippen molar-refractivity contribution in [2.24, 2.45) is 5.92 Å². The molecule has 234 valence electrons. The molecule has 13 heteroatoms. The van der Waals surface area contributed by atoms with Gasteiger partial charge in [-0.3, -0.25) is 9.88 Å². The van der Waals surface area contributed by atoms with Gasteiger partial charge in [-0.1, -0.05) is 6.07 Å². The van der Waals surface area contributed by atoms with Gasteiger partial charge in [-0.2, -0.15) is 18.7 Å². The maximum absolute atomic E-state index is 16.6. The number of nitrogens with zero attached hydrogens (tertiary/aromatic N) is 5. The van der Waals surface area contributed by atoms with Gasteiger partial charge in [0.1, 0.15) is 29.4 Å². The smallest absolute Gasteiger partial charge is 0.319 e. The first-order chi connectivity index (χ1) is 21.7. The van der Waals surface area contributed by atoms with Gasteiger partial charge in [-0.05, 0) is 68.3 Å². The van der Waals surface area contributed by atoms with E-state index < -0.39 is 29.1 Å². The van der Waals surface area contributed by atoms with Crippen LogP contribution in [0.3, 0.4) is 0 Å². The highest BCUT2D eigenvalue weighted by Crippen LogP contribution is 2.44. The third-order valence-electron chi connectivity index (χ3n) is 9.88. The summed E-state index contributed by atoms with van der Waals surface area (Å²) in [5.74, 6) is -2.69. The summed E-state index contributed by atoms with van der Waals surface area (Å²) in [6.45, 7) is 3.14. The summed E-state index contributed by atoms with van der Waals surface area (Å²) in [6, 6.07) is 4.62. The van der Waals surface area contributed by atoms with Gasteiger partial charge in [0.25, 0.3) is 6.08 Å². The molecular formula is C32H29F5N6O2. The van der Waals surface area contributed by atoms with Gasteiger partial charge in [0.15, 0.2) is 17.5 Å². The standard InChI is InChI=1S/C32H29F5N6O2/c33-23-3-2-17-7-20(44)8-21(24(17)25(23)34)27-26(35)28-22(12-39-27)30(43-13-16-6-19(43)11-38-10-16)41-31(40-28)45-15-32-4-1-5-42(32)14-18(9-32)29(36)37/h2-3,7-8,12,16,19,38,44H,1,4-6,9-11,13-15H2. The number of hydrogen-bond donors (Lipinski definition) is 2. The first-order valence-electron chi connectivity index (χ1n) is 15.1. The van der Waals surface area contributed by atoms with Crippen LogP contribution in [0.2, 0.25) is 0 Å². The number of halogens is 5. The van der Waals surface area contributed by atoms with E-state index in [2.05, 4.69) is 20.2 Å². The molecule has 4 aliphatic rings. The fourth-order valence-corrected chi connectivity index (χ4v) is 7.79. The molecule has 8 rings (SSSR count). The molecule has 0 aliphatic carbocycles. The molecule has 2 aromatic carbocycles. The van der Waals surface area contributed by atoms with E-state index in [0.717, 1.165) is 31.5 Å². The van der Waals surface area contributed by atoms with E-state index in [1.807, 2.05) is 4.90 Å². The molecule has 0 spiro atoms. The van der Waals surface area contributed by atoms with Crippen LogP contribution in [-0.2, 0) is 0 Å². The number of phenols is 1. The predicted octanol–water partition coefficient (Wildman–Crippen LogP) is 5.53. The summed E-state index contributed by atoms with van der Waals surface area (Å²) in [4.78, 5) is 17.6. The lowest BCUT2D eigenvalue weighted by atomic mass is 9.94. The number of pyridine rings is 1. The fraction of sp³-hybridized carbons (Fsp3) is 0.406. The largest absolute Gasteiger partial charge is 0.508 e. The number of ether oxygens (including phenoxy) is 1. The van der Waals surface area contributed by atoms with Crippen LogP contribution >= 0.6 is 0 Å². The van der Waals surface area contributed by atoms with E-state index in [9.17, 15) is 18.3 Å². The fourth-order valence-electron chi connectivity index (χ4n) is 7.79. The van der Waals surface area contributed by atoms with Gasteiger partial charge < -0.3 is 20.1 Å². The minimum absolute atomic E-state index is 0.0452. The van der Waals surface area contributed by atoms with Gasteiger partial charge in [0.2, 0.25) is 0 Å². The number of hydrogen-bond acceptors (Lipinski definition) is 8. The van der Waals surface area contributed by atoms with Crippen molar-refractivity contribution in [1.82, 2.24) is 25.2 Å². The van der Waals surface area contributed by atoms with Crippen LogP contribution in [0.4, 0.5) is 27.8 Å². The number of benzene rings is 2. The van der Waals surface area contributed by atoms with Crippen molar-refractivity contribution in [2.45, 2.75) is 37.3 Å². The van der Waals surface area contributed by atoms with Crippen LogP contribution in [0.25, 0.3) is 32.9 Å². The first-order valence-corrected chi connectivity index (χ1v) is 15.1. The SMILES string of the molecule is Oc1cc(-c2ncc3c(N4CC5CNCC4C5)nc(OCC45CCCN4CC(=C(F)F)C5)nc3c2F)c2c(F)c(F)ccc2c1. The highest BCUT2D eigenvalue weighted by Gasteiger charge is 2.48. The van der Waals surface area contributed by atoms with Gasteiger partial charge >= 0.3 is 6.01 Å². The summed E-state index contributed by atoms with van der Waals surface area (Å²) in [5.41, 5.74) is -1.13. The molecule has 4 saturated heterocycles. The molecular weight excluding hydrogens is 595 g/mol. The van der Waals surface area contributed by atoms with Gasteiger partial charge in [0, 0.05) is 48.4 Å². The summed E-state index contributed by atoms with van der Waals surface area (Å²) in [5, 5.41) is 14.1. The van der Waals surface area contributed by atoms with Gasteiger partial charge in [-0.15, -0.1) is 0 Å². The quantitative estimate of drug-likeness (QED) is 0.281. The highest BCUT2D eigenvalue weighted by atomic mass is 19.3. The van der Waals surface area contributed by atoms with Crippen LogP contribution < -0.4 is 15.0 Å². The average Bonchev–Trinajstić information content (AvgIpc) is 3.67. The Kier molecular flexibility index (Phi) is 6.61. The number of phenolic OH excluding ortho intramolecular Hbond substituents is 1.